The molecule has 2 aliphatic heterocycles. The van der Waals surface area contributed by atoms with Gasteiger partial charge in [0.2, 0.25) is 11.9 Å². The molecular weight excluding hydrogens is 434 g/mol. The van der Waals surface area contributed by atoms with Crippen LogP contribution >= 0.6 is 0 Å². The lowest BCUT2D eigenvalue weighted by atomic mass is 9.96. The number of carbonyl (C=O) groups excluding carboxylic acids is 1. The van der Waals surface area contributed by atoms with Gasteiger partial charge in [0.25, 0.3) is 0 Å². The lowest BCUT2D eigenvalue weighted by Gasteiger charge is -2.33. The molecule has 1 atom stereocenters. The Kier molecular flexibility index (Phi) is 7.09. The fourth-order valence-electron chi connectivity index (χ4n) is 5.85. The van der Waals surface area contributed by atoms with Crippen LogP contribution in [0.4, 0.5) is 5.95 Å². The van der Waals surface area contributed by atoms with Gasteiger partial charge in [0.15, 0.2) is 0 Å². The lowest BCUT2D eigenvalue weighted by Crippen LogP contribution is -2.45. The van der Waals surface area contributed by atoms with Crippen LogP contribution in [0, 0.1) is 19.8 Å². The number of rotatable bonds is 7. The second kappa shape index (κ2) is 10.4. The van der Waals surface area contributed by atoms with Crippen molar-refractivity contribution in [1.82, 2.24) is 19.8 Å². The number of para-hydroxylation sites is 2. The summed E-state index contributed by atoms with van der Waals surface area (Å²) in [4.78, 5) is 22.9. The summed E-state index contributed by atoms with van der Waals surface area (Å²) < 4.78 is 2.36. The molecule has 2 aliphatic rings. The molecule has 2 saturated heterocycles. The van der Waals surface area contributed by atoms with Crippen molar-refractivity contribution in [3.05, 3.63) is 59.2 Å². The van der Waals surface area contributed by atoms with Crippen molar-refractivity contribution >= 4 is 22.9 Å². The molecule has 0 saturated carbocycles. The number of imidazole rings is 1. The Bertz CT molecular complexity index is 1180. The van der Waals surface area contributed by atoms with Gasteiger partial charge < -0.3 is 14.8 Å². The van der Waals surface area contributed by atoms with Crippen molar-refractivity contribution in [2.45, 2.75) is 59.0 Å². The van der Waals surface area contributed by atoms with Crippen LogP contribution in [0.2, 0.25) is 0 Å². The van der Waals surface area contributed by atoms with E-state index >= 15 is 0 Å². The lowest BCUT2D eigenvalue weighted by molar-refractivity contribution is -0.125. The van der Waals surface area contributed by atoms with Gasteiger partial charge in [0.1, 0.15) is 0 Å². The summed E-state index contributed by atoms with van der Waals surface area (Å²) in [6, 6.07) is 15.6. The molecule has 3 aromatic rings. The average Bonchev–Trinajstić information content (AvgIpc) is 3.49. The Morgan fingerprint density at radius 2 is 1.86 bits per heavy atom. The quantitative estimate of drug-likeness (QED) is 0.548. The van der Waals surface area contributed by atoms with Crippen molar-refractivity contribution < 1.29 is 4.79 Å². The van der Waals surface area contributed by atoms with Gasteiger partial charge in [-0.2, -0.15) is 0 Å². The van der Waals surface area contributed by atoms with E-state index in [-0.39, 0.29) is 11.8 Å². The summed E-state index contributed by atoms with van der Waals surface area (Å²) in [7, 11) is 0. The Hall–Kier alpha value is -2.86. The highest BCUT2D eigenvalue weighted by Gasteiger charge is 2.29. The largest absolute Gasteiger partial charge is 0.354 e. The standard InChI is InChI=1S/C29H39N5O/c1-4-32-15-7-8-25(32)19-30-28(35)23-13-16-33(17-14-23)29-31-26-9-5-6-10-27(26)34(29)20-24-18-21(2)11-12-22(24)3/h5-6,9-12,18,23,25H,4,7-8,13-17,19-20H2,1-3H3,(H,30,35)/t25-/m1/s1. The highest BCUT2D eigenvalue weighted by molar-refractivity contribution is 5.80. The molecule has 0 radical (unpaired) electrons. The number of nitrogens with zero attached hydrogens (tertiary/aromatic N) is 4. The minimum absolute atomic E-state index is 0.0968. The summed E-state index contributed by atoms with van der Waals surface area (Å²) in [6.45, 7) is 12.1. The maximum absolute atomic E-state index is 12.9. The predicted molar refractivity (Wildman–Crippen MR) is 143 cm³/mol. The number of aromatic nitrogens is 2. The monoisotopic (exact) mass is 473 g/mol. The number of hydrogen-bond acceptors (Lipinski definition) is 4. The molecule has 2 fully saturated rings. The fraction of sp³-hybridized carbons (Fsp3) is 0.517. The van der Waals surface area contributed by atoms with Crippen molar-refractivity contribution in [3.8, 4) is 0 Å². The van der Waals surface area contributed by atoms with Gasteiger partial charge in [-0.05, 0) is 75.9 Å². The van der Waals surface area contributed by atoms with Crippen LogP contribution in [0.1, 0.15) is 49.3 Å². The normalized spacial score (nSPS) is 19.5. The van der Waals surface area contributed by atoms with E-state index in [0.717, 1.165) is 57.0 Å². The number of fused-ring (bicyclic) bond motifs is 1. The third-order valence-electron chi connectivity index (χ3n) is 8.03. The molecule has 1 aromatic heterocycles. The smallest absolute Gasteiger partial charge is 0.223 e. The summed E-state index contributed by atoms with van der Waals surface area (Å²) in [5.74, 6) is 1.35. The SMILES string of the molecule is CCN1CCC[C@@H]1CNC(=O)C1CCN(c2nc3ccccc3n2Cc2cc(C)ccc2C)CC1. The summed E-state index contributed by atoms with van der Waals surface area (Å²) in [5, 5.41) is 3.27. The number of amides is 1. The van der Waals surface area contributed by atoms with Gasteiger partial charge in [0.05, 0.1) is 17.6 Å². The second-order valence-electron chi connectivity index (χ2n) is 10.3. The topological polar surface area (TPSA) is 53.4 Å². The van der Waals surface area contributed by atoms with Crippen LogP contribution in [0.25, 0.3) is 11.0 Å². The van der Waals surface area contributed by atoms with Gasteiger partial charge in [-0.3, -0.25) is 9.69 Å². The third-order valence-corrected chi connectivity index (χ3v) is 8.03. The van der Waals surface area contributed by atoms with E-state index in [1.807, 2.05) is 0 Å². The maximum Gasteiger partial charge on any atom is 0.223 e. The van der Waals surface area contributed by atoms with Gasteiger partial charge in [-0.1, -0.05) is 42.8 Å². The minimum atomic E-state index is 0.0968. The zero-order valence-electron chi connectivity index (χ0n) is 21.5. The molecule has 186 valence electrons. The molecule has 2 aromatic carbocycles. The summed E-state index contributed by atoms with van der Waals surface area (Å²) in [5.41, 5.74) is 6.11. The highest BCUT2D eigenvalue weighted by atomic mass is 16.1. The fourth-order valence-corrected chi connectivity index (χ4v) is 5.85. The summed E-state index contributed by atoms with van der Waals surface area (Å²) >= 11 is 0. The number of likely N-dealkylation sites (tertiary alicyclic amines) is 1. The Morgan fingerprint density at radius 3 is 2.66 bits per heavy atom. The van der Waals surface area contributed by atoms with Crippen LogP contribution in [0.3, 0.4) is 0 Å². The first-order chi connectivity index (χ1) is 17.0. The van der Waals surface area contributed by atoms with E-state index < -0.39 is 0 Å². The number of likely N-dealkylation sites (N-methyl/N-ethyl adjacent to an activating group) is 1. The van der Waals surface area contributed by atoms with E-state index in [4.69, 9.17) is 4.98 Å². The first-order valence-corrected chi connectivity index (χ1v) is 13.3. The summed E-state index contributed by atoms with van der Waals surface area (Å²) in [6.07, 6.45) is 4.19. The molecule has 6 heteroatoms. The number of aryl methyl sites for hydroxylation is 2. The number of piperidine rings is 1. The van der Waals surface area contributed by atoms with Crippen molar-refractivity contribution in [1.29, 1.82) is 0 Å². The number of nitrogens with one attached hydrogen (secondary N) is 1. The number of anilines is 1. The Balaban J connectivity index is 1.28. The van der Waals surface area contributed by atoms with Crippen LogP contribution in [-0.2, 0) is 11.3 Å². The van der Waals surface area contributed by atoms with E-state index in [1.165, 1.54) is 41.6 Å². The molecule has 5 rings (SSSR count). The van der Waals surface area contributed by atoms with Crippen molar-refractivity contribution in [2.24, 2.45) is 5.92 Å². The number of carbonyl (C=O) groups is 1. The average molecular weight is 474 g/mol. The van der Waals surface area contributed by atoms with Gasteiger partial charge in [0, 0.05) is 31.6 Å². The third kappa shape index (κ3) is 5.08. The molecule has 3 heterocycles. The van der Waals surface area contributed by atoms with E-state index in [0.29, 0.717) is 6.04 Å². The van der Waals surface area contributed by atoms with E-state index in [1.54, 1.807) is 0 Å². The van der Waals surface area contributed by atoms with Gasteiger partial charge in [-0.25, -0.2) is 4.98 Å². The molecular formula is C29H39N5O. The molecule has 0 spiro atoms. The first kappa shape index (κ1) is 23.9. The first-order valence-electron chi connectivity index (χ1n) is 13.3. The van der Waals surface area contributed by atoms with Crippen LogP contribution < -0.4 is 10.2 Å². The van der Waals surface area contributed by atoms with Crippen LogP contribution in [0.5, 0.6) is 0 Å². The zero-order valence-corrected chi connectivity index (χ0v) is 21.5. The molecule has 1 amide bonds. The minimum Gasteiger partial charge on any atom is -0.354 e. The Morgan fingerprint density at radius 1 is 1.06 bits per heavy atom. The van der Waals surface area contributed by atoms with E-state index in [9.17, 15) is 4.79 Å². The van der Waals surface area contributed by atoms with E-state index in [2.05, 4.69) is 82.9 Å². The molecule has 6 nitrogen and oxygen atoms in total. The second-order valence-corrected chi connectivity index (χ2v) is 10.3. The zero-order chi connectivity index (χ0) is 24.4. The van der Waals surface area contributed by atoms with Gasteiger partial charge in [-0.15, -0.1) is 0 Å². The molecule has 0 bridgehead atoms. The molecule has 1 N–H and O–H groups in total. The van der Waals surface area contributed by atoms with Crippen molar-refractivity contribution in [2.75, 3.05) is 37.6 Å². The molecule has 0 aliphatic carbocycles. The highest BCUT2D eigenvalue weighted by Crippen LogP contribution is 2.29. The molecule has 35 heavy (non-hydrogen) atoms. The van der Waals surface area contributed by atoms with Crippen molar-refractivity contribution in [3.63, 3.8) is 0 Å². The maximum atomic E-state index is 12.9. The Labute approximate surface area is 209 Å². The van der Waals surface area contributed by atoms with Gasteiger partial charge >= 0.3 is 0 Å². The molecule has 0 unspecified atom stereocenters. The van der Waals surface area contributed by atoms with Crippen LogP contribution in [0.15, 0.2) is 42.5 Å². The number of hydrogen-bond donors (Lipinski definition) is 1. The van der Waals surface area contributed by atoms with Crippen LogP contribution in [-0.4, -0.2) is 59.1 Å². The number of benzene rings is 2. The predicted octanol–water partition coefficient (Wildman–Crippen LogP) is 4.52.